The Morgan fingerprint density at radius 3 is 2.32 bits per heavy atom. The minimum absolute atomic E-state index is 0.0658. The van der Waals surface area contributed by atoms with E-state index in [1.54, 1.807) is 54.7 Å². The van der Waals surface area contributed by atoms with E-state index in [0.29, 0.717) is 47.7 Å². The minimum Gasteiger partial charge on any atom is -0.469 e. The summed E-state index contributed by atoms with van der Waals surface area (Å²) >= 11 is 0. The SMILES string of the molecule is COC(=O)c1ccc(-c2ccc3nc4c(C(=O)N[C@H]5CC[C@@H](C(=O)OC)CC5)cccn4c(=O)c3c2)cc1. The number of esters is 2. The summed E-state index contributed by atoms with van der Waals surface area (Å²) in [4.78, 5) is 54.8. The van der Waals surface area contributed by atoms with Crippen LogP contribution in [0.5, 0.6) is 0 Å². The molecular formula is C29H27N3O6. The molecule has 0 unspecified atom stereocenters. The Bertz CT molecular complexity index is 1600. The lowest BCUT2D eigenvalue weighted by Gasteiger charge is -2.27. The van der Waals surface area contributed by atoms with Crippen LogP contribution in [-0.2, 0) is 14.3 Å². The van der Waals surface area contributed by atoms with Crippen molar-refractivity contribution >= 4 is 34.4 Å². The number of carbonyl (C=O) groups excluding carboxylic acids is 3. The van der Waals surface area contributed by atoms with Crippen LogP contribution in [0.1, 0.15) is 46.4 Å². The molecule has 1 fully saturated rings. The highest BCUT2D eigenvalue weighted by atomic mass is 16.5. The van der Waals surface area contributed by atoms with E-state index >= 15 is 0 Å². The maximum absolute atomic E-state index is 13.4. The summed E-state index contributed by atoms with van der Waals surface area (Å²) in [5.41, 5.74) is 2.84. The molecule has 0 spiro atoms. The summed E-state index contributed by atoms with van der Waals surface area (Å²) in [6.07, 6.45) is 4.26. The molecule has 1 aliphatic rings. The molecule has 9 nitrogen and oxygen atoms in total. The van der Waals surface area contributed by atoms with Crippen molar-refractivity contribution in [1.29, 1.82) is 0 Å². The molecule has 9 heteroatoms. The Morgan fingerprint density at radius 2 is 1.63 bits per heavy atom. The number of nitrogens with zero attached hydrogens (tertiary/aromatic N) is 2. The Balaban J connectivity index is 1.43. The molecule has 2 heterocycles. The molecule has 1 aliphatic carbocycles. The third-order valence-electron chi connectivity index (χ3n) is 7.12. The number of benzene rings is 2. The molecule has 38 heavy (non-hydrogen) atoms. The summed E-state index contributed by atoms with van der Waals surface area (Å²) in [5, 5.41) is 3.45. The van der Waals surface area contributed by atoms with Gasteiger partial charge in [-0.3, -0.25) is 18.8 Å². The molecule has 1 amide bonds. The third-order valence-corrected chi connectivity index (χ3v) is 7.12. The first-order chi connectivity index (χ1) is 18.4. The van der Waals surface area contributed by atoms with Crippen molar-refractivity contribution in [2.24, 2.45) is 5.92 Å². The van der Waals surface area contributed by atoms with Crippen molar-refractivity contribution < 1.29 is 23.9 Å². The lowest BCUT2D eigenvalue weighted by atomic mass is 9.86. The zero-order valence-electron chi connectivity index (χ0n) is 21.1. The van der Waals surface area contributed by atoms with Gasteiger partial charge in [0.2, 0.25) is 0 Å². The molecule has 0 radical (unpaired) electrons. The second kappa shape index (κ2) is 10.5. The molecule has 5 rings (SSSR count). The fourth-order valence-electron chi connectivity index (χ4n) is 5.00. The number of ether oxygens (including phenoxy) is 2. The number of rotatable bonds is 5. The second-order valence-electron chi connectivity index (χ2n) is 9.38. The van der Waals surface area contributed by atoms with Gasteiger partial charge in [0.1, 0.15) is 0 Å². The highest BCUT2D eigenvalue weighted by molar-refractivity contribution is 6.01. The average Bonchev–Trinajstić information content (AvgIpc) is 2.96. The molecule has 1 saturated carbocycles. The van der Waals surface area contributed by atoms with Crippen LogP contribution in [0.2, 0.25) is 0 Å². The van der Waals surface area contributed by atoms with Crippen LogP contribution in [0.3, 0.4) is 0 Å². The summed E-state index contributed by atoms with van der Waals surface area (Å²) in [6, 6.07) is 15.5. The Labute approximate surface area is 218 Å². The quantitative estimate of drug-likeness (QED) is 0.319. The lowest BCUT2D eigenvalue weighted by Crippen LogP contribution is -2.39. The molecule has 4 aromatic rings. The van der Waals surface area contributed by atoms with Gasteiger partial charge in [-0.2, -0.15) is 0 Å². The number of methoxy groups -OCH3 is 2. The summed E-state index contributed by atoms with van der Waals surface area (Å²) in [5.74, 6) is -1.07. The highest BCUT2D eigenvalue weighted by Gasteiger charge is 2.28. The zero-order chi connectivity index (χ0) is 26.8. The van der Waals surface area contributed by atoms with Crippen LogP contribution in [0, 0.1) is 5.92 Å². The predicted molar refractivity (Wildman–Crippen MR) is 141 cm³/mol. The smallest absolute Gasteiger partial charge is 0.337 e. The molecule has 0 saturated heterocycles. The van der Waals surface area contributed by atoms with Gasteiger partial charge in [-0.15, -0.1) is 0 Å². The van der Waals surface area contributed by atoms with Gasteiger partial charge in [0.05, 0.1) is 42.2 Å². The number of fused-ring (bicyclic) bond motifs is 2. The number of nitrogens with one attached hydrogen (secondary N) is 1. The first-order valence-electron chi connectivity index (χ1n) is 12.4. The fraction of sp³-hybridized carbons (Fsp3) is 0.276. The van der Waals surface area contributed by atoms with Crippen molar-refractivity contribution in [3.05, 3.63) is 82.3 Å². The number of carbonyl (C=O) groups is 3. The van der Waals surface area contributed by atoms with E-state index in [1.165, 1.54) is 18.6 Å². The van der Waals surface area contributed by atoms with Gasteiger partial charge < -0.3 is 14.8 Å². The van der Waals surface area contributed by atoms with Crippen LogP contribution in [-0.4, -0.2) is 47.5 Å². The topological polar surface area (TPSA) is 116 Å². The van der Waals surface area contributed by atoms with Gasteiger partial charge >= 0.3 is 11.9 Å². The normalized spacial score (nSPS) is 17.2. The molecule has 0 aliphatic heterocycles. The summed E-state index contributed by atoms with van der Waals surface area (Å²) in [6.45, 7) is 0. The number of hydrogen-bond donors (Lipinski definition) is 1. The maximum atomic E-state index is 13.4. The standard InChI is InChI=1S/C29H27N3O6/c1-37-28(35)18-7-5-17(6-8-18)20-11-14-24-23(16-20)27(34)32-15-3-4-22(25(32)31-24)26(33)30-21-12-9-19(10-13-21)29(36)38-2/h3-8,11,14-16,19,21H,9-10,12-13H2,1-2H3,(H,30,33)/t19-,21+. The highest BCUT2D eigenvalue weighted by Crippen LogP contribution is 2.26. The van der Waals surface area contributed by atoms with Crippen molar-refractivity contribution in [1.82, 2.24) is 14.7 Å². The van der Waals surface area contributed by atoms with E-state index in [4.69, 9.17) is 9.47 Å². The van der Waals surface area contributed by atoms with Crippen molar-refractivity contribution in [2.75, 3.05) is 14.2 Å². The molecule has 0 bridgehead atoms. The molecular weight excluding hydrogens is 486 g/mol. The lowest BCUT2D eigenvalue weighted by molar-refractivity contribution is -0.146. The Hall–Kier alpha value is -4.53. The van der Waals surface area contributed by atoms with Gasteiger partial charge in [0, 0.05) is 12.2 Å². The van der Waals surface area contributed by atoms with Crippen LogP contribution < -0.4 is 10.9 Å². The average molecular weight is 514 g/mol. The second-order valence-corrected chi connectivity index (χ2v) is 9.38. The predicted octanol–water partition coefficient (Wildman–Crippen LogP) is 3.76. The van der Waals surface area contributed by atoms with Crippen LogP contribution in [0.15, 0.2) is 65.6 Å². The van der Waals surface area contributed by atoms with E-state index in [-0.39, 0.29) is 35.0 Å². The maximum Gasteiger partial charge on any atom is 0.337 e. The molecule has 194 valence electrons. The van der Waals surface area contributed by atoms with Crippen LogP contribution in [0.25, 0.3) is 27.7 Å². The van der Waals surface area contributed by atoms with E-state index in [0.717, 1.165) is 11.1 Å². The summed E-state index contributed by atoms with van der Waals surface area (Å²) in [7, 11) is 2.72. The molecule has 2 aromatic carbocycles. The summed E-state index contributed by atoms with van der Waals surface area (Å²) < 4.78 is 11.0. The largest absolute Gasteiger partial charge is 0.469 e. The van der Waals surface area contributed by atoms with E-state index in [2.05, 4.69) is 10.3 Å². The zero-order valence-corrected chi connectivity index (χ0v) is 21.1. The number of pyridine rings is 1. The molecule has 0 atom stereocenters. The van der Waals surface area contributed by atoms with E-state index < -0.39 is 5.97 Å². The Kier molecular flexibility index (Phi) is 6.91. The Morgan fingerprint density at radius 1 is 0.921 bits per heavy atom. The molecule has 1 N–H and O–H groups in total. The van der Waals surface area contributed by atoms with E-state index in [9.17, 15) is 19.2 Å². The van der Waals surface area contributed by atoms with Gasteiger partial charge in [0.25, 0.3) is 11.5 Å². The van der Waals surface area contributed by atoms with Gasteiger partial charge in [0.15, 0.2) is 5.65 Å². The first kappa shape index (κ1) is 25.1. The first-order valence-corrected chi connectivity index (χ1v) is 12.4. The monoisotopic (exact) mass is 513 g/mol. The fourth-order valence-corrected chi connectivity index (χ4v) is 5.00. The number of hydrogen-bond acceptors (Lipinski definition) is 7. The van der Waals surface area contributed by atoms with Crippen LogP contribution in [0.4, 0.5) is 0 Å². The van der Waals surface area contributed by atoms with Crippen molar-refractivity contribution in [3.63, 3.8) is 0 Å². The number of amides is 1. The van der Waals surface area contributed by atoms with E-state index in [1.807, 2.05) is 6.07 Å². The third kappa shape index (κ3) is 4.74. The van der Waals surface area contributed by atoms with Gasteiger partial charge in [-0.1, -0.05) is 18.2 Å². The minimum atomic E-state index is -0.419. The van der Waals surface area contributed by atoms with Crippen molar-refractivity contribution in [2.45, 2.75) is 31.7 Å². The molecule has 2 aromatic heterocycles. The van der Waals surface area contributed by atoms with Crippen LogP contribution >= 0.6 is 0 Å². The van der Waals surface area contributed by atoms with Gasteiger partial charge in [-0.05, 0) is 73.2 Å². The van der Waals surface area contributed by atoms with Gasteiger partial charge in [-0.25, -0.2) is 9.78 Å². The number of aromatic nitrogens is 2. The van der Waals surface area contributed by atoms with Crippen molar-refractivity contribution in [3.8, 4) is 11.1 Å².